The summed E-state index contributed by atoms with van der Waals surface area (Å²) in [6.45, 7) is 0. The monoisotopic (exact) mass is 164 g/mol. The van der Waals surface area contributed by atoms with Crippen molar-refractivity contribution in [3.8, 4) is 6.07 Å². The van der Waals surface area contributed by atoms with Gasteiger partial charge in [0.15, 0.2) is 0 Å². The number of halogens is 1. The van der Waals surface area contributed by atoms with Gasteiger partial charge < -0.3 is 0 Å². The van der Waals surface area contributed by atoms with Crippen molar-refractivity contribution < 1.29 is 9.57 Å². The van der Waals surface area contributed by atoms with Crippen LogP contribution in [0.2, 0.25) is 0 Å². The van der Waals surface area contributed by atoms with Crippen molar-refractivity contribution in [2.45, 2.75) is 0 Å². The van der Waals surface area contributed by atoms with E-state index in [1.807, 2.05) is 6.07 Å². The topological polar surface area (TPSA) is 45.4 Å². The lowest BCUT2D eigenvalue weighted by molar-refractivity contribution is -0.130. The van der Waals surface area contributed by atoms with E-state index in [-0.39, 0.29) is 0 Å². The summed E-state index contributed by atoms with van der Waals surface area (Å²) < 4.78 is 11.1. The van der Waals surface area contributed by atoms with Gasteiger partial charge in [0.05, 0.1) is 17.8 Å². The van der Waals surface area contributed by atoms with Crippen LogP contribution in [0.25, 0.3) is 0 Å². The van der Waals surface area contributed by atoms with Crippen molar-refractivity contribution in [1.82, 2.24) is 0 Å². The Kier molecular flexibility index (Phi) is 2.79. The molecule has 0 heterocycles. The third kappa shape index (κ3) is 2.06. The lowest BCUT2D eigenvalue weighted by Gasteiger charge is -1.89. The number of nitriles is 1. The van der Waals surface area contributed by atoms with E-state index in [0.29, 0.717) is 11.1 Å². The fourth-order valence-electron chi connectivity index (χ4n) is 0.725. The van der Waals surface area contributed by atoms with E-state index in [1.165, 1.54) is 6.21 Å². The van der Waals surface area contributed by atoms with E-state index >= 15 is 0 Å². The van der Waals surface area contributed by atoms with Crippen LogP contribution < -0.4 is 0 Å². The first-order valence-corrected chi connectivity index (χ1v) is 3.18. The first-order chi connectivity index (χ1) is 5.86. The van der Waals surface area contributed by atoms with E-state index in [9.17, 15) is 4.53 Å². The highest BCUT2D eigenvalue weighted by atomic mass is 19.3. The Morgan fingerprint density at radius 2 is 2.08 bits per heavy atom. The Labute approximate surface area is 68.6 Å². The minimum atomic E-state index is 0.549. The highest BCUT2D eigenvalue weighted by molar-refractivity contribution is 5.79. The van der Waals surface area contributed by atoms with Crippen LogP contribution in [0.5, 0.6) is 0 Å². The molecule has 0 aliphatic heterocycles. The van der Waals surface area contributed by atoms with Crippen LogP contribution in [0, 0.1) is 11.3 Å². The number of hydrogen-bond acceptors (Lipinski definition) is 3. The molecule has 0 atom stereocenters. The molecule has 4 heteroatoms. The van der Waals surface area contributed by atoms with E-state index in [2.05, 4.69) is 10.2 Å². The van der Waals surface area contributed by atoms with E-state index in [4.69, 9.17) is 5.26 Å². The third-order valence-electron chi connectivity index (χ3n) is 1.28. The van der Waals surface area contributed by atoms with Gasteiger partial charge in [-0.25, -0.2) is 0 Å². The lowest BCUT2D eigenvalue weighted by atomic mass is 10.2. The molecule has 0 amide bonds. The highest BCUT2D eigenvalue weighted by Crippen LogP contribution is 2.00. The largest absolute Gasteiger partial charge is 0.192 e. The van der Waals surface area contributed by atoms with Gasteiger partial charge >= 0.3 is 0 Å². The van der Waals surface area contributed by atoms with Crippen LogP contribution in [0.3, 0.4) is 0 Å². The van der Waals surface area contributed by atoms with Crippen LogP contribution in [0.4, 0.5) is 4.53 Å². The van der Waals surface area contributed by atoms with Crippen molar-refractivity contribution in [3.05, 3.63) is 35.4 Å². The van der Waals surface area contributed by atoms with Crippen molar-refractivity contribution in [2.75, 3.05) is 0 Å². The molecule has 12 heavy (non-hydrogen) atoms. The van der Waals surface area contributed by atoms with Gasteiger partial charge in [-0.15, -0.1) is 0 Å². The van der Waals surface area contributed by atoms with Crippen LogP contribution in [0.1, 0.15) is 11.1 Å². The molecule has 0 radical (unpaired) electrons. The van der Waals surface area contributed by atoms with Gasteiger partial charge in [0.25, 0.3) is 0 Å². The summed E-state index contributed by atoms with van der Waals surface area (Å²) in [5.74, 6) is 0. The van der Waals surface area contributed by atoms with Gasteiger partial charge in [-0.2, -0.15) is 10.3 Å². The summed E-state index contributed by atoms with van der Waals surface area (Å²) in [7, 11) is 0. The maximum atomic E-state index is 11.1. The zero-order valence-electron chi connectivity index (χ0n) is 6.07. The first kappa shape index (κ1) is 8.21. The van der Waals surface area contributed by atoms with Gasteiger partial charge in [0, 0.05) is 4.53 Å². The zero-order valence-corrected chi connectivity index (χ0v) is 6.07. The summed E-state index contributed by atoms with van der Waals surface area (Å²) in [6, 6.07) is 8.46. The average Bonchev–Trinajstić information content (AvgIpc) is 2.15. The predicted molar refractivity (Wildman–Crippen MR) is 40.9 cm³/mol. The molecular formula is C8H5FN2O. The minimum absolute atomic E-state index is 0.549. The number of nitrogens with zero attached hydrogens (tertiary/aromatic N) is 2. The standard InChI is InChI=1S/C8H5FN2O/c9-12-11-6-8-3-1-7(5-10)2-4-8/h1-4,6H. The van der Waals surface area contributed by atoms with Crippen molar-refractivity contribution in [1.29, 1.82) is 5.26 Å². The Morgan fingerprint density at radius 1 is 1.42 bits per heavy atom. The van der Waals surface area contributed by atoms with Crippen molar-refractivity contribution in [2.24, 2.45) is 5.16 Å². The maximum Gasteiger partial charge on any atom is 0.0991 e. The lowest BCUT2D eigenvalue weighted by Crippen LogP contribution is -1.81. The number of hydrogen-bond donors (Lipinski definition) is 0. The van der Waals surface area contributed by atoms with Crippen molar-refractivity contribution in [3.63, 3.8) is 0 Å². The van der Waals surface area contributed by atoms with Crippen LogP contribution in [-0.2, 0) is 5.04 Å². The molecule has 0 fully saturated rings. The third-order valence-corrected chi connectivity index (χ3v) is 1.28. The number of rotatable bonds is 2. The van der Waals surface area contributed by atoms with Crippen LogP contribution >= 0.6 is 0 Å². The molecule has 0 unspecified atom stereocenters. The normalized spacial score (nSPS) is 9.67. The molecule has 1 aromatic rings. The molecule has 1 aromatic carbocycles. The zero-order chi connectivity index (χ0) is 8.81. The molecule has 0 bridgehead atoms. The van der Waals surface area contributed by atoms with Gasteiger partial charge in [-0.1, -0.05) is 12.1 Å². The second-order valence-electron chi connectivity index (χ2n) is 2.04. The van der Waals surface area contributed by atoms with Gasteiger partial charge in [-0.05, 0) is 22.9 Å². The Balaban J connectivity index is 2.80. The summed E-state index contributed by atoms with van der Waals surface area (Å²) in [6.07, 6.45) is 1.21. The fourth-order valence-corrected chi connectivity index (χ4v) is 0.725. The molecule has 0 N–H and O–H groups in total. The molecule has 3 nitrogen and oxygen atoms in total. The molecule has 1 rings (SSSR count). The summed E-state index contributed by atoms with van der Waals surface area (Å²) in [5, 5.41) is 14.4. The van der Waals surface area contributed by atoms with Crippen LogP contribution in [0.15, 0.2) is 29.4 Å². The molecule has 0 saturated carbocycles. The molecule has 0 aromatic heterocycles. The second kappa shape index (κ2) is 4.09. The first-order valence-electron chi connectivity index (χ1n) is 3.18. The Hall–Kier alpha value is -1.89. The molecule has 60 valence electrons. The van der Waals surface area contributed by atoms with Crippen LogP contribution in [-0.4, -0.2) is 6.21 Å². The van der Waals surface area contributed by atoms with Gasteiger partial charge in [0.2, 0.25) is 0 Å². The number of oxime groups is 1. The SMILES string of the molecule is N#Cc1ccc(C=NOF)cc1. The quantitative estimate of drug-likeness (QED) is 0.494. The van der Waals surface area contributed by atoms with Crippen molar-refractivity contribution >= 4 is 6.21 Å². The average molecular weight is 164 g/mol. The predicted octanol–water partition coefficient (Wildman–Crippen LogP) is 1.79. The Bertz CT molecular complexity index is 313. The Morgan fingerprint density at radius 3 is 2.58 bits per heavy atom. The second-order valence-corrected chi connectivity index (χ2v) is 2.04. The van der Waals surface area contributed by atoms with E-state index in [0.717, 1.165) is 0 Å². The smallest absolute Gasteiger partial charge is 0.0991 e. The molecule has 0 aliphatic carbocycles. The van der Waals surface area contributed by atoms with Gasteiger partial charge in [0.1, 0.15) is 0 Å². The van der Waals surface area contributed by atoms with E-state index < -0.39 is 0 Å². The molecular weight excluding hydrogens is 159 g/mol. The number of benzene rings is 1. The summed E-state index contributed by atoms with van der Waals surface area (Å²) >= 11 is 0. The molecule has 0 spiro atoms. The summed E-state index contributed by atoms with van der Waals surface area (Å²) in [4.78, 5) is 0. The van der Waals surface area contributed by atoms with E-state index in [1.54, 1.807) is 24.3 Å². The minimum Gasteiger partial charge on any atom is -0.192 e. The summed E-state index contributed by atoms with van der Waals surface area (Å²) in [5.41, 5.74) is 1.22. The maximum absolute atomic E-state index is 11.1. The highest BCUT2D eigenvalue weighted by Gasteiger charge is 1.89. The molecule has 0 aliphatic rings. The van der Waals surface area contributed by atoms with Gasteiger partial charge in [-0.3, -0.25) is 0 Å². The molecule has 0 saturated heterocycles. The fraction of sp³-hybridized carbons (Fsp3) is 0.